The number of alkyl halides is 4. The van der Waals surface area contributed by atoms with Crippen LogP contribution in [0.2, 0.25) is 0 Å². The van der Waals surface area contributed by atoms with Crippen molar-refractivity contribution in [3.05, 3.63) is 77.6 Å². The van der Waals surface area contributed by atoms with Crippen molar-refractivity contribution in [3.63, 3.8) is 0 Å². The van der Waals surface area contributed by atoms with Gasteiger partial charge in [0.05, 0.1) is 12.1 Å². The summed E-state index contributed by atoms with van der Waals surface area (Å²) in [6.07, 6.45) is -3.58. The zero-order valence-corrected chi connectivity index (χ0v) is 21.5. The average molecular weight is 581 g/mol. The van der Waals surface area contributed by atoms with Gasteiger partial charge in [-0.1, -0.05) is 12.0 Å². The second-order valence-corrected chi connectivity index (χ2v) is 9.21. The predicted molar refractivity (Wildman–Crippen MR) is 139 cm³/mol. The van der Waals surface area contributed by atoms with Crippen molar-refractivity contribution < 1.29 is 31.9 Å². The van der Waals surface area contributed by atoms with Gasteiger partial charge in [-0.05, 0) is 42.3 Å². The van der Waals surface area contributed by atoms with Gasteiger partial charge in [0.25, 0.3) is 5.91 Å². The number of nitrogens with zero attached hydrogens (tertiary/aromatic N) is 6. The number of benzene rings is 1. The Morgan fingerprint density at radius 1 is 1.07 bits per heavy atom. The lowest BCUT2D eigenvalue weighted by molar-refractivity contribution is -0.141. The van der Waals surface area contributed by atoms with E-state index >= 15 is 0 Å². The number of rotatable bonds is 5. The lowest BCUT2D eigenvalue weighted by Crippen LogP contribution is -2.44. The fraction of sp³-hybridized carbons (Fsp3) is 0.222. The molecule has 0 radical (unpaired) electrons. The van der Waals surface area contributed by atoms with E-state index in [9.17, 15) is 31.9 Å². The molecule has 0 spiro atoms. The molecule has 4 heterocycles. The van der Waals surface area contributed by atoms with Crippen molar-refractivity contribution in [2.75, 3.05) is 11.9 Å². The number of carbonyl (C=O) groups is 3. The summed E-state index contributed by atoms with van der Waals surface area (Å²) in [4.78, 5) is 50.7. The summed E-state index contributed by atoms with van der Waals surface area (Å²) in [5.74, 6) is 3.08. The van der Waals surface area contributed by atoms with Gasteiger partial charge >= 0.3 is 6.18 Å². The Morgan fingerprint density at radius 3 is 2.55 bits per heavy atom. The van der Waals surface area contributed by atoms with Gasteiger partial charge in [-0.2, -0.15) is 18.3 Å². The van der Waals surface area contributed by atoms with Crippen molar-refractivity contribution in [3.8, 4) is 11.8 Å². The molecule has 11 nitrogen and oxygen atoms in total. The van der Waals surface area contributed by atoms with Crippen LogP contribution in [0.25, 0.3) is 10.9 Å². The molecule has 3 amide bonds. The van der Waals surface area contributed by atoms with Crippen molar-refractivity contribution in [1.29, 1.82) is 0 Å². The van der Waals surface area contributed by atoms with Crippen LogP contribution >= 0.6 is 0 Å². The van der Waals surface area contributed by atoms with Crippen molar-refractivity contribution in [2.45, 2.75) is 31.4 Å². The van der Waals surface area contributed by atoms with Crippen LogP contribution in [-0.4, -0.2) is 66.1 Å². The van der Waals surface area contributed by atoms with Crippen LogP contribution < -0.4 is 11.1 Å². The number of pyridine rings is 1. The Hall–Kier alpha value is -5.39. The van der Waals surface area contributed by atoms with Crippen LogP contribution in [0.15, 0.2) is 54.9 Å². The van der Waals surface area contributed by atoms with Gasteiger partial charge < -0.3 is 16.0 Å². The maximum Gasteiger partial charge on any atom is 0.433 e. The first-order chi connectivity index (χ1) is 20.0. The maximum atomic E-state index is 14.4. The van der Waals surface area contributed by atoms with E-state index < -0.39 is 60.7 Å². The molecule has 0 unspecified atom stereocenters. The van der Waals surface area contributed by atoms with E-state index in [0.717, 1.165) is 23.1 Å². The SMILES string of the molecule is NC(=O)c1nn(CC(=O)N2C[C@H](F)C[C@H]2C(=O)Nc2cccc(C(F)(F)F)n2)c2ccc(C#Cc3ncccn3)cc12. The van der Waals surface area contributed by atoms with Crippen molar-refractivity contribution >= 4 is 34.4 Å². The minimum Gasteiger partial charge on any atom is -0.364 e. The minimum absolute atomic E-state index is 0.132. The lowest BCUT2D eigenvalue weighted by Gasteiger charge is -2.23. The number of aromatic nitrogens is 5. The highest BCUT2D eigenvalue weighted by molar-refractivity contribution is 6.04. The third-order valence-electron chi connectivity index (χ3n) is 6.32. The quantitative estimate of drug-likeness (QED) is 0.272. The maximum absolute atomic E-state index is 14.4. The van der Waals surface area contributed by atoms with Crippen LogP contribution in [0, 0.1) is 11.8 Å². The number of anilines is 1. The Labute approximate surface area is 234 Å². The Bertz CT molecular complexity index is 1750. The van der Waals surface area contributed by atoms with Crippen LogP contribution in [0.3, 0.4) is 0 Å². The number of primary amides is 1. The fourth-order valence-electron chi connectivity index (χ4n) is 4.45. The number of hydrogen-bond donors (Lipinski definition) is 2. The van der Waals surface area contributed by atoms with Crippen molar-refractivity contribution in [1.82, 2.24) is 29.6 Å². The standard InChI is InChI=1S/C27H20F4N8O3/c28-16-12-19(26(42)36-22-4-1-3-20(35-22)27(29,30)31)38(13-16)23(40)14-39-18-7-5-15(6-8-21-33-9-2-10-34-21)11-17(18)24(37-39)25(32)41/h1-5,7,9-11,16,19H,12-14H2,(H2,32,41)(H,35,36,42)/t16-,19+/m1/s1. The van der Waals surface area contributed by atoms with Crippen LogP contribution in [-0.2, 0) is 22.3 Å². The molecule has 3 aromatic heterocycles. The van der Waals surface area contributed by atoms with E-state index in [1.165, 1.54) is 17.1 Å². The fourth-order valence-corrected chi connectivity index (χ4v) is 4.45. The van der Waals surface area contributed by atoms with E-state index in [1.54, 1.807) is 24.3 Å². The third-order valence-corrected chi connectivity index (χ3v) is 6.32. The molecular formula is C27H20F4N8O3. The molecule has 1 fully saturated rings. The van der Waals surface area contributed by atoms with E-state index in [1.807, 2.05) is 0 Å². The topological polar surface area (TPSA) is 149 Å². The number of nitrogens with two attached hydrogens (primary N) is 1. The first kappa shape index (κ1) is 28.1. The number of hydrogen-bond acceptors (Lipinski definition) is 7. The lowest BCUT2D eigenvalue weighted by atomic mass is 10.1. The first-order valence-electron chi connectivity index (χ1n) is 12.4. The third kappa shape index (κ3) is 6.02. The summed E-state index contributed by atoms with van der Waals surface area (Å²) in [6.45, 7) is -0.902. The normalized spacial score (nSPS) is 16.6. The van der Waals surface area contributed by atoms with E-state index in [0.29, 0.717) is 16.5 Å². The second kappa shape index (κ2) is 11.2. The molecule has 15 heteroatoms. The number of fused-ring (bicyclic) bond motifs is 1. The molecule has 1 aliphatic rings. The summed E-state index contributed by atoms with van der Waals surface area (Å²) in [5, 5.41) is 6.70. The highest BCUT2D eigenvalue weighted by atomic mass is 19.4. The van der Waals surface area contributed by atoms with Crippen molar-refractivity contribution in [2.24, 2.45) is 5.73 Å². The van der Waals surface area contributed by atoms with Gasteiger partial charge in [0.15, 0.2) is 5.69 Å². The molecule has 214 valence electrons. The Kier molecular flexibility index (Phi) is 7.53. The molecule has 1 aliphatic heterocycles. The summed E-state index contributed by atoms with van der Waals surface area (Å²) in [6, 6.07) is 8.03. The van der Waals surface area contributed by atoms with Gasteiger partial charge in [0.1, 0.15) is 30.3 Å². The molecule has 0 saturated carbocycles. The number of amides is 3. The summed E-state index contributed by atoms with van der Waals surface area (Å²) in [5.41, 5.74) is 4.99. The summed E-state index contributed by atoms with van der Waals surface area (Å²) in [7, 11) is 0. The molecule has 5 rings (SSSR count). The van der Waals surface area contributed by atoms with Crippen LogP contribution in [0.1, 0.15) is 34.0 Å². The van der Waals surface area contributed by atoms with Gasteiger partial charge in [-0.25, -0.2) is 19.3 Å². The zero-order valence-electron chi connectivity index (χ0n) is 21.5. The Morgan fingerprint density at radius 2 is 1.83 bits per heavy atom. The van der Waals surface area contributed by atoms with Crippen LogP contribution in [0.5, 0.6) is 0 Å². The monoisotopic (exact) mass is 580 g/mol. The van der Waals surface area contributed by atoms with Gasteiger partial charge in [0.2, 0.25) is 17.6 Å². The van der Waals surface area contributed by atoms with E-state index in [-0.39, 0.29) is 17.9 Å². The van der Waals surface area contributed by atoms with Gasteiger partial charge in [-0.15, -0.1) is 0 Å². The molecular weight excluding hydrogens is 560 g/mol. The average Bonchev–Trinajstić information content (AvgIpc) is 3.53. The molecule has 3 N–H and O–H groups in total. The molecule has 0 bridgehead atoms. The number of halogens is 4. The largest absolute Gasteiger partial charge is 0.433 e. The smallest absolute Gasteiger partial charge is 0.364 e. The van der Waals surface area contributed by atoms with Gasteiger partial charge in [-0.3, -0.25) is 19.1 Å². The molecule has 1 aromatic carbocycles. The highest BCUT2D eigenvalue weighted by Gasteiger charge is 2.40. The number of nitrogens with one attached hydrogen (secondary N) is 1. The van der Waals surface area contributed by atoms with Crippen LogP contribution in [0.4, 0.5) is 23.4 Å². The molecule has 1 saturated heterocycles. The zero-order chi connectivity index (χ0) is 30.0. The van der Waals surface area contributed by atoms with E-state index in [2.05, 4.69) is 37.2 Å². The summed E-state index contributed by atoms with van der Waals surface area (Å²) < 4.78 is 54.6. The number of carbonyl (C=O) groups excluding carboxylic acids is 3. The molecule has 4 aromatic rings. The predicted octanol–water partition coefficient (Wildman–Crippen LogP) is 2.32. The summed E-state index contributed by atoms with van der Waals surface area (Å²) >= 11 is 0. The van der Waals surface area contributed by atoms with E-state index in [4.69, 9.17) is 5.73 Å². The molecule has 2 atom stereocenters. The second-order valence-electron chi connectivity index (χ2n) is 9.21. The Balaban J connectivity index is 1.37. The highest BCUT2D eigenvalue weighted by Crippen LogP contribution is 2.29. The van der Waals surface area contributed by atoms with Gasteiger partial charge in [0, 0.05) is 29.8 Å². The molecule has 42 heavy (non-hydrogen) atoms. The minimum atomic E-state index is -4.74. The number of likely N-dealkylation sites (tertiary alicyclic amines) is 1. The first-order valence-corrected chi connectivity index (χ1v) is 12.4. The molecule has 0 aliphatic carbocycles.